The molecule has 2 aromatic carbocycles. The number of rotatable bonds is 5. The molecule has 0 bridgehead atoms. The van der Waals surface area contributed by atoms with E-state index in [-0.39, 0.29) is 11.8 Å². The Hall–Kier alpha value is -2.05. The molecule has 2 amide bonds. The maximum absolute atomic E-state index is 12.9. The highest BCUT2D eigenvalue weighted by atomic mass is 79.9. The first-order valence-electron chi connectivity index (χ1n) is 8.55. The molecule has 142 valence electrons. The van der Waals surface area contributed by atoms with E-state index in [9.17, 15) is 9.59 Å². The molecular formula is C20H20BrClN2O3. The Bertz CT molecular complexity index is 874. The van der Waals surface area contributed by atoms with E-state index in [1.165, 1.54) is 0 Å². The van der Waals surface area contributed by atoms with E-state index >= 15 is 0 Å². The maximum Gasteiger partial charge on any atom is 0.239 e. The molecule has 0 saturated carbocycles. The summed E-state index contributed by atoms with van der Waals surface area (Å²) >= 11 is 9.48. The van der Waals surface area contributed by atoms with Gasteiger partial charge in [0, 0.05) is 40.9 Å². The van der Waals surface area contributed by atoms with Gasteiger partial charge >= 0.3 is 0 Å². The molecule has 27 heavy (non-hydrogen) atoms. The molecule has 0 N–H and O–H groups in total. The largest absolute Gasteiger partial charge is 0.496 e. The van der Waals surface area contributed by atoms with Gasteiger partial charge in [0.05, 0.1) is 7.11 Å². The number of methoxy groups -OCH3 is 1. The van der Waals surface area contributed by atoms with Crippen molar-refractivity contribution in [2.75, 3.05) is 25.6 Å². The van der Waals surface area contributed by atoms with Gasteiger partial charge in [0.25, 0.3) is 0 Å². The lowest BCUT2D eigenvalue weighted by Crippen LogP contribution is -2.37. The van der Waals surface area contributed by atoms with Gasteiger partial charge in [-0.05, 0) is 42.8 Å². The Kier molecular flexibility index (Phi) is 6.07. The Morgan fingerprint density at radius 3 is 2.81 bits per heavy atom. The highest BCUT2D eigenvalue weighted by molar-refractivity contribution is 9.10. The minimum Gasteiger partial charge on any atom is -0.496 e. The number of nitrogens with zero attached hydrogens (tertiary/aromatic N) is 2. The van der Waals surface area contributed by atoms with E-state index in [1.54, 1.807) is 42.2 Å². The average molecular weight is 452 g/mol. The lowest BCUT2D eigenvalue weighted by molar-refractivity contribution is -0.139. The number of hydrogen-bond acceptors (Lipinski definition) is 3. The van der Waals surface area contributed by atoms with Crippen LogP contribution in [0.15, 0.2) is 46.9 Å². The quantitative estimate of drug-likeness (QED) is 0.643. The van der Waals surface area contributed by atoms with E-state index in [0.717, 1.165) is 15.7 Å². The van der Waals surface area contributed by atoms with Crippen molar-refractivity contribution < 1.29 is 14.3 Å². The van der Waals surface area contributed by atoms with Gasteiger partial charge in [0.1, 0.15) is 11.7 Å². The van der Waals surface area contributed by atoms with Gasteiger partial charge < -0.3 is 14.5 Å². The van der Waals surface area contributed by atoms with Crippen LogP contribution < -0.4 is 9.64 Å². The van der Waals surface area contributed by atoms with Crippen LogP contribution in [0, 0.1) is 5.92 Å². The topological polar surface area (TPSA) is 49.9 Å². The van der Waals surface area contributed by atoms with E-state index in [1.807, 2.05) is 24.3 Å². The number of hydrogen-bond donors (Lipinski definition) is 0. The first-order chi connectivity index (χ1) is 12.9. The SMILES string of the molecule is COc1ccc(Cl)cc1CN(C)C(=O)C1CCN(c2cccc(Br)c2)C1=O. The Labute approximate surface area is 172 Å². The second kappa shape index (κ2) is 8.31. The summed E-state index contributed by atoms with van der Waals surface area (Å²) in [5.74, 6) is -0.366. The number of benzene rings is 2. The zero-order valence-electron chi connectivity index (χ0n) is 15.1. The lowest BCUT2D eigenvalue weighted by Gasteiger charge is -2.22. The van der Waals surface area contributed by atoms with Crippen molar-refractivity contribution >= 4 is 45.0 Å². The third-order valence-corrected chi connectivity index (χ3v) is 5.38. The third-order valence-electron chi connectivity index (χ3n) is 4.65. The molecule has 0 radical (unpaired) electrons. The smallest absolute Gasteiger partial charge is 0.239 e. The van der Waals surface area contributed by atoms with Crippen LogP contribution in [0.5, 0.6) is 5.75 Å². The summed E-state index contributed by atoms with van der Waals surface area (Å²) in [4.78, 5) is 28.9. The predicted octanol–water partition coefficient (Wildman–Crippen LogP) is 4.12. The number of carbonyl (C=O) groups excluding carboxylic acids is 2. The van der Waals surface area contributed by atoms with Gasteiger partial charge in [-0.3, -0.25) is 9.59 Å². The monoisotopic (exact) mass is 450 g/mol. The Morgan fingerprint density at radius 2 is 2.11 bits per heavy atom. The summed E-state index contributed by atoms with van der Waals surface area (Å²) in [6.45, 7) is 0.850. The molecule has 0 aliphatic carbocycles. The summed E-state index contributed by atoms with van der Waals surface area (Å²) in [7, 11) is 3.27. The molecule has 7 heteroatoms. The van der Waals surface area contributed by atoms with Gasteiger partial charge in [-0.2, -0.15) is 0 Å². The van der Waals surface area contributed by atoms with Crippen molar-refractivity contribution in [1.29, 1.82) is 0 Å². The normalized spacial score (nSPS) is 16.5. The van der Waals surface area contributed by atoms with E-state index in [2.05, 4.69) is 15.9 Å². The fourth-order valence-electron chi connectivity index (χ4n) is 3.28. The van der Waals surface area contributed by atoms with Gasteiger partial charge in [-0.25, -0.2) is 0 Å². The molecule has 1 saturated heterocycles. The first-order valence-corrected chi connectivity index (χ1v) is 9.72. The van der Waals surface area contributed by atoms with Crippen LogP contribution in [0.4, 0.5) is 5.69 Å². The molecular weight excluding hydrogens is 432 g/mol. The van der Waals surface area contributed by atoms with Crippen molar-refractivity contribution in [3.05, 3.63) is 57.5 Å². The van der Waals surface area contributed by atoms with Crippen LogP contribution in [0.2, 0.25) is 5.02 Å². The van der Waals surface area contributed by atoms with E-state index in [4.69, 9.17) is 16.3 Å². The van der Waals surface area contributed by atoms with Crippen molar-refractivity contribution in [2.24, 2.45) is 5.92 Å². The van der Waals surface area contributed by atoms with Crippen molar-refractivity contribution in [3.8, 4) is 5.75 Å². The standard InChI is InChI=1S/C20H20BrClN2O3/c1-23(12-13-10-15(22)6-7-18(13)27-2)19(25)17-8-9-24(20(17)26)16-5-3-4-14(21)11-16/h3-7,10-11,17H,8-9,12H2,1-2H3. The Morgan fingerprint density at radius 1 is 1.33 bits per heavy atom. The van der Waals surface area contributed by atoms with Crippen LogP contribution in [-0.4, -0.2) is 37.4 Å². The molecule has 1 heterocycles. The van der Waals surface area contributed by atoms with Crippen LogP contribution in [0.1, 0.15) is 12.0 Å². The predicted molar refractivity (Wildman–Crippen MR) is 109 cm³/mol. The molecule has 1 unspecified atom stereocenters. The van der Waals surface area contributed by atoms with Gasteiger partial charge in [0.15, 0.2) is 0 Å². The molecule has 1 aliphatic rings. The molecule has 0 aromatic heterocycles. The summed E-state index contributed by atoms with van der Waals surface area (Å²) in [6.07, 6.45) is 0.501. The number of carbonyl (C=O) groups is 2. The van der Waals surface area contributed by atoms with Crippen LogP contribution in [0.25, 0.3) is 0 Å². The first kappa shape index (κ1) is 19.7. The molecule has 5 nitrogen and oxygen atoms in total. The molecule has 0 spiro atoms. The minimum absolute atomic E-state index is 0.164. The van der Waals surface area contributed by atoms with Crippen molar-refractivity contribution in [1.82, 2.24) is 4.90 Å². The van der Waals surface area contributed by atoms with E-state index in [0.29, 0.717) is 30.3 Å². The van der Waals surface area contributed by atoms with Gasteiger partial charge in [-0.1, -0.05) is 33.6 Å². The molecule has 1 atom stereocenters. The van der Waals surface area contributed by atoms with Crippen LogP contribution in [-0.2, 0) is 16.1 Å². The van der Waals surface area contributed by atoms with Crippen LogP contribution >= 0.6 is 27.5 Å². The number of ether oxygens (including phenoxy) is 1. The minimum atomic E-state index is -0.667. The summed E-state index contributed by atoms with van der Waals surface area (Å²) in [5, 5.41) is 0.574. The van der Waals surface area contributed by atoms with Gasteiger partial charge in [-0.15, -0.1) is 0 Å². The Balaban J connectivity index is 1.72. The zero-order valence-corrected chi connectivity index (χ0v) is 17.5. The van der Waals surface area contributed by atoms with Crippen molar-refractivity contribution in [2.45, 2.75) is 13.0 Å². The molecule has 2 aromatic rings. The summed E-state index contributed by atoms with van der Waals surface area (Å²) in [5.41, 5.74) is 1.60. The molecule has 1 fully saturated rings. The molecule has 3 rings (SSSR count). The zero-order chi connectivity index (χ0) is 19.6. The van der Waals surface area contributed by atoms with Crippen LogP contribution in [0.3, 0.4) is 0 Å². The fraction of sp³-hybridized carbons (Fsp3) is 0.300. The summed E-state index contributed by atoms with van der Waals surface area (Å²) < 4.78 is 6.23. The number of halogens is 2. The molecule has 1 aliphatic heterocycles. The van der Waals surface area contributed by atoms with Crippen molar-refractivity contribution in [3.63, 3.8) is 0 Å². The highest BCUT2D eigenvalue weighted by Crippen LogP contribution is 2.29. The third kappa shape index (κ3) is 4.28. The lowest BCUT2D eigenvalue weighted by atomic mass is 10.1. The number of anilines is 1. The van der Waals surface area contributed by atoms with Gasteiger partial charge in [0.2, 0.25) is 11.8 Å². The second-order valence-corrected chi connectivity index (χ2v) is 7.81. The van der Waals surface area contributed by atoms with E-state index < -0.39 is 5.92 Å². The maximum atomic E-state index is 12.9. The highest BCUT2D eigenvalue weighted by Gasteiger charge is 2.39. The number of amides is 2. The second-order valence-electron chi connectivity index (χ2n) is 6.46. The fourth-order valence-corrected chi connectivity index (χ4v) is 3.86. The summed E-state index contributed by atoms with van der Waals surface area (Å²) in [6, 6.07) is 12.8. The average Bonchev–Trinajstić information content (AvgIpc) is 3.02.